The smallest absolute Gasteiger partial charge is 0.191 e. The van der Waals surface area contributed by atoms with Gasteiger partial charge in [0, 0.05) is 38.2 Å². The molecule has 2 heterocycles. The number of likely N-dealkylation sites (tertiary alicyclic amines) is 1. The molecule has 0 bridgehead atoms. The van der Waals surface area contributed by atoms with E-state index in [9.17, 15) is 0 Å². The van der Waals surface area contributed by atoms with Gasteiger partial charge in [-0.2, -0.15) is 0 Å². The summed E-state index contributed by atoms with van der Waals surface area (Å²) in [5, 5.41) is 6.92. The Hall–Kier alpha value is -1.79. The third-order valence-corrected chi connectivity index (χ3v) is 5.48. The van der Waals surface area contributed by atoms with E-state index in [4.69, 9.17) is 9.47 Å². The zero-order valence-corrected chi connectivity index (χ0v) is 17.0. The Balaban J connectivity index is 1.54. The molecule has 150 valence electrons. The van der Waals surface area contributed by atoms with Gasteiger partial charge in [-0.15, -0.1) is 0 Å². The van der Waals surface area contributed by atoms with E-state index in [0.717, 1.165) is 43.4 Å². The summed E-state index contributed by atoms with van der Waals surface area (Å²) in [6, 6.07) is 6.98. The second kappa shape index (κ2) is 9.95. The normalized spacial score (nSPS) is 23.6. The van der Waals surface area contributed by atoms with Gasteiger partial charge < -0.3 is 20.1 Å². The van der Waals surface area contributed by atoms with E-state index in [-0.39, 0.29) is 6.10 Å². The number of rotatable bonds is 7. The van der Waals surface area contributed by atoms with Crippen molar-refractivity contribution in [1.82, 2.24) is 15.5 Å². The molecule has 1 aromatic rings. The summed E-state index contributed by atoms with van der Waals surface area (Å²) >= 11 is 0. The molecule has 0 saturated carbocycles. The third-order valence-electron chi connectivity index (χ3n) is 5.48. The highest BCUT2D eigenvalue weighted by molar-refractivity contribution is 5.79. The summed E-state index contributed by atoms with van der Waals surface area (Å²) in [6.07, 6.45) is 3.67. The van der Waals surface area contributed by atoms with E-state index in [2.05, 4.69) is 52.6 Å². The number of nitrogens with one attached hydrogen (secondary N) is 2. The molecule has 2 aliphatic rings. The molecule has 2 N–H and O–H groups in total. The topological polar surface area (TPSA) is 58.1 Å². The highest BCUT2D eigenvalue weighted by atomic mass is 16.5. The molecule has 0 aliphatic carbocycles. The Morgan fingerprint density at radius 1 is 1.33 bits per heavy atom. The highest BCUT2D eigenvalue weighted by Crippen LogP contribution is 2.23. The van der Waals surface area contributed by atoms with Crippen LogP contribution in [0.4, 0.5) is 0 Å². The number of hydrogen-bond acceptors (Lipinski definition) is 4. The van der Waals surface area contributed by atoms with Gasteiger partial charge in [0.25, 0.3) is 0 Å². The van der Waals surface area contributed by atoms with Gasteiger partial charge in [-0.1, -0.05) is 19.1 Å². The average molecular weight is 375 g/mol. The van der Waals surface area contributed by atoms with Gasteiger partial charge in [0.2, 0.25) is 0 Å². The van der Waals surface area contributed by atoms with Crippen molar-refractivity contribution in [1.29, 1.82) is 0 Å². The molecular formula is C21H34N4O2. The van der Waals surface area contributed by atoms with E-state index in [1.807, 2.05) is 7.05 Å². The molecule has 2 atom stereocenters. The number of aryl methyl sites for hydroxylation is 1. The van der Waals surface area contributed by atoms with Crippen LogP contribution >= 0.6 is 0 Å². The van der Waals surface area contributed by atoms with E-state index in [0.29, 0.717) is 19.2 Å². The van der Waals surface area contributed by atoms with Crippen LogP contribution in [0.25, 0.3) is 0 Å². The Morgan fingerprint density at radius 2 is 2.22 bits per heavy atom. The molecule has 6 heteroatoms. The van der Waals surface area contributed by atoms with E-state index < -0.39 is 0 Å². The fourth-order valence-electron chi connectivity index (χ4n) is 3.86. The summed E-state index contributed by atoms with van der Waals surface area (Å²) in [5.41, 5.74) is 2.35. The maximum atomic E-state index is 6.19. The van der Waals surface area contributed by atoms with Gasteiger partial charge in [-0.3, -0.25) is 9.89 Å². The monoisotopic (exact) mass is 374 g/mol. The third kappa shape index (κ3) is 5.59. The Morgan fingerprint density at radius 3 is 2.96 bits per heavy atom. The largest absolute Gasteiger partial charge is 0.488 e. The molecule has 0 aromatic heterocycles. The zero-order chi connectivity index (χ0) is 19.1. The van der Waals surface area contributed by atoms with Gasteiger partial charge in [0.15, 0.2) is 5.96 Å². The molecule has 6 nitrogen and oxygen atoms in total. The zero-order valence-electron chi connectivity index (χ0n) is 17.0. The number of ether oxygens (including phenoxy) is 2. The standard InChI is InChI=1S/C21H34N4O2/c1-4-25-10-5-6-18(25)14-24-21(22-3)23-13-17-8-7-16(2)12-20(17)27-19-9-11-26-15-19/h7-8,12,18-19H,4-6,9-11,13-15H2,1-3H3,(H2,22,23,24). The lowest BCUT2D eigenvalue weighted by Crippen LogP contribution is -2.44. The number of guanidine groups is 1. The lowest BCUT2D eigenvalue weighted by Gasteiger charge is -2.24. The minimum absolute atomic E-state index is 0.158. The van der Waals surface area contributed by atoms with E-state index in [1.165, 1.54) is 24.9 Å². The van der Waals surface area contributed by atoms with Crippen molar-refractivity contribution in [3.8, 4) is 5.75 Å². The van der Waals surface area contributed by atoms with Crippen LogP contribution in [-0.2, 0) is 11.3 Å². The molecule has 2 unspecified atom stereocenters. The van der Waals surface area contributed by atoms with Crippen molar-refractivity contribution in [3.63, 3.8) is 0 Å². The minimum Gasteiger partial charge on any atom is -0.488 e. The number of hydrogen-bond donors (Lipinski definition) is 2. The van der Waals surface area contributed by atoms with Crippen LogP contribution < -0.4 is 15.4 Å². The summed E-state index contributed by atoms with van der Waals surface area (Å²) in [5.74, 6) is 1.79. The molecule has 2 aliphatic heterocycles. The van der Waals surface area contributed by atoms with Crippen molar-refractivity contribution >= 4 is 5.96 Å². The quantitative estimate of drug-likeness (QED) is 0.567. The van der Waals surface area contributed by atoms with Crippen LogP contribution in [0.3, 0.4) is 0 Å². The first-order chi connectivity index (χ1) is 13.2. The van der Waals surface area contributed by atoms with Crippen LogP contribution in [-0.4, -0.2) is 62.9 Å². The van der Waals surface area contributed by atoms with Gasteiger partial charge in [0.05, 0.1) is 13.2 Å². The van der Waals surface area contributed by atoms with Crippen LogP contribution in [0.1, 0.15) is 37.3 Å². The van der Waals surface area contributed by atoms with E-state index in [1.54, 1.807) is 0 Å². The lowest BCUT2D eigenvalue weighted by molar-refractivity contribution is 0.140. The lowest BCUT2D eigenvalue weighted by atomic mass is 10.1. The van der Waals surface area contributed by atoms with Gasteiger partial charge >= 0.3 is 0 Å². The van der Waals surface area contributed by atoms with E-state index >= 15 is 0 Å². The van der Waals surface area contributed by atoms with Crippen LogP contribution in [0, 0.1) is 6.92 Å². The number of benzene rings is 1. The van der Waals surface area contributed by atoms with Crippen molar-refractivity contribution < 1.29 is 9.47 Å². The average Bonchev–Trinajstić information content (AvgIpc) is 3.34. The van der Waals surface area contributed by atoms with Gasteiger partial charge in [-0.05, 0) is 44.5 Å². The molecule has 27 heavy (non-hydrogen) atoms. The molecule has 0 amide bonds. The second-order valence-corrected chi connectivity index (χ2v) is 7.45. The Bertz CT molecular complexity index is 629. The summed E-state index contributed by atoms with van der Waals surface area (Å²) in [6.45, 7) is 9.75. The minimum atomic E-state index is 0.158. The summed E-state index contributed by atoms with van der Waals surface area (Å²) in [4.78, 5) is 6.92. The summed E-state index contributed by atoms with van der Waals surface area (Å²) in [7, 11) is 1.82. The number of aliphatic imine (C=N–C) groups is 1. The molecule has 3 rings (SSSR count). The van der Waals surface area contributed by atoms with Crippen molar-refractivity contribution in [3.05, 3.63) is 29.3 Å². The molecule has 1 aromatic carbocycles. The molecular weight excluding hydrogens is 340 g/mol. The molecule has 2 fully saturated rings. The summed E-state index contributed by atoms with van der Waals surface area (Å²) < 4.78 is 11.6. The fraction of sp³-hybridized carbons (Fsp3) is 0.667. The predicted octanol–water partition coefficient (Wildman–Crippen LogP) is 2.31. The first-order valence-electron chi connectivity index (χ1n) is 10.2. The maximum Gasteiger partial charge on any atom is 0.191 e. The Kier molecular flexibility index (Phi) is 7.35. The van der Waals surface area contributed by atoms with Crippen LogP contribution in [0.2, 0.25) is 0 Å². The van der Waals surface area contributed by atoms with Gasteiger partial charge in [0.1, 0.15) is 11.9 Å². The van der Waals surface area contributed by atoms with Crippen LogP contribution in [0.15, 0.2) is 23.2 Å². The predicted molar refractivity (Wildman–Crippen MR) is 110 cm³/mol. The van der Waals surface area contributed by atoms with Gasteiger partial charge in [-0.25, -0.2) is 0 Å². The molecule has 2 saturated heterocycles. The van der Waals surface area contributed by atoms with Crippen molar-refractivity contribution in [2.75, 3.05) is 39.9 Å². The highest BCUT2D eigenvalue weighted by Gasteiger charge is 2.23. The second-order valence-electron chi connectivity index (χ2n) is 7.45. The fourth-order valence-corrected chi connectivity index (χ4v) is 3.86. The van der Waals surface area contributed by atoms with Crippen LogP contribution in [0.5, 0.6) is 5.75 Å². The van der Waals surface area contributed by atoms with Crippen molar-refractivity contribution in [2.24, 2.45) is 4.99 Å². The maximum absolute atomic E-state index is 6.19. The Labute approximate surface area is 163 Å². The number of likely N-dealkylation sites (N-methyl/N-ethyl adjacent to an activating group) is 1. The number of nitrogens with zero attached hydrogens (tertiary/aromatic N) is 2. The van der Waals surface area contributed by atoms with Crippen molar-refractivity contribution in [2.45, 2.75) is 51.8 Å². The first-order valence-corrected chi connectivity index (χ1v) is 10.2. The molecule has 0 spiro atoms. The SMILES string of the molecule is CCN1CCCC1CNC(=NC)NCc1ccc(C)cc1OC1CCOC1. The molecule has 0 radical (unpaired) electrons. The first kappa shape index (κ1) is 20.0.